The number of hydrogen-bond acceptors (Lipinski definition) is 4. The Hall–Kier alpha value is -1.10. The summed E-state index contributed by atoms with van der Waals surface area (Å²) in [5.41, 5.74) is 0. The van der Waals surface area contributed by atoms with Gasteiger partial charge in [-0.25, -0.2) is 0 Å². The number of aliphatic hydroxyl groups is 1. The molecule has 164 valence electrons. The van der Waals surface area contributed by atoms with Gasteiger partial charge >= 0.3 is 5.97 Å². The van der Waals surface area contributed by atoms with E-state index in [9.17, 15) is 4.79 Å². The van der Waals surface area contributed by atoms with Gasteiger partial charge in [0.15, 0.2) is 0 Å². The molecule has 5 nitrogen and oxygen atoms in total. The Labute approximate surface area is 172 Å². The van der Waals surface area contributed by atoms with Gasteiger partial charge in [0.1, 0.15) is 12.3 Å². The van der Waals surface area contributed by atoms with E-state index < -0.39 is 5.97 Å². The van der Waals surface area contributed by atoms with Gasteiger partial charge in [0.25, 0.3) is 0 Å². The molecule has 0 spiro atoms. The largest absolute Gasteiger partial charge is 0.481 e. The van der Waals surface area contributed by atoms with Gasteiger partial charge in [-0.15, -0.1) is 0 Å². The van der Waals surface area contributed by atoms with Crippen molar-refractivity contribution in [3.63, 3.8) is 0 Å². The number of aliphatic imine (C=N–C) groups is 1. The highest BCUT2D eigenvalue weighted by molar-refractivity contribution is 5.97. The molecule has 0 fully saturated rings. The molecule has 0 amide bonds. The van der Waals surface area contributed by atoms with Crippen molar-refractivity contribution in [3.05, 3.63) is 0 Å². The molecular formula is C23H44N2O3. The fraction of sp³-hybridized carbons (Fsp3) is 0.913. The van der Waals surface area contributed by atoms with Crippen LogP contribution in [-0.4, -0.2) is 52.7 Å². The summed E-state index contributed by atoms with van der Waals surface area (Å²) in [7, 11) is 0. The number of carbonyl (C=O) groups is 1. The Balaban J connectivity index is 1.94. The lowest BCUT2D eigenvalue weighted by Gasteiger charge is -2.18. The summed E-state index contributed by atoms with van der Waals surface area (Å²) in [6, 6.07) is 0.207. The zero-order valence-electron chi connectivity index (χ0n) is 18.2. The first-order valence-electron chi connectivity index (χ1n) is 11.8. The number of carboxylic acids is 1. The molecule has 1 aliphatic rings. The van der Waals surface area contributed by atoms with Gasteiger partial charge in [-0.2, -0.15) is 0 Å². The maximum atomic E-state index is 10.9. The number of nitrogens with zero attached hydrogens (tertiary/aromatic N) is 2. The second kappa shape index (κ2) is 16.8. The summed E-state index contributed by atoms with van der Waals surface area (Å²) in [4.78, 5) is 17.4. The highest BCUT2D eigenvalue weighted by Gasteiger charge is 2.25. The summed E-state index contributed by atoms with van der Waals surface area (Å²) >= 11 is 0. The van der Waals surface area contributed by atoms with E-state index >= 15 is 0 Å². The second-order valence-electron chi connectivity index (χ2n) is 8.32. The summed E-state index contributed by atoms with van der Waals surface area (Å²) < 4.78 is 0. The van der Waals surface area contributed by atoms with E-state index in [1.165, 1.54) is 89.9 Å². The molecule has 0 radical (unpaired) electrons. The van der Waals surface area contributed by atoms with Crippen molar-refractivity contribution < 1.29 is 15.0 Å². The number of carboxylic acid groups (broad SMARTS) is 1. The number of aliphatic carboxylic acids is 1. The van der Waals surface area contributed by atoms with Gasteiger partial charge in [0, 0.05) is 13.1 Å². The maximum Gasteiger partial charge on any atom is 0.310 e. The molecule has 0 aromatic heterocycles. The Morgan fingerprint density at radius 2 is 1.43 bits per heavy atom. The molecule has 0 aliphatic carbocycles. The highest BCUT2D eigenvalue weighted by Crippen LogP contribution is 2.18. The van der Waals surface area contributed by atoms with Crippen molar-refractivity contribution in [1.82, 2.24) is 4.90 Å². The standard InChI is InChI=1S/C23H44N2O3/c1-2-3-4-5-6-7-8-9-10-11-12-13-14-15-16-21-20-25(17-18-26)22(24-21)19-23(27)28/h21,26H,2-20H2,1H3,(H,27,28). The molecule has 0 bridgehead atoms. The minimum atomic E-state index is -0.848. The third-order valence-electron chi connectivity index (χ3n) is 5.70. The average molecular weight is 397 g/mol. The Bertz CT molecular complexity index is 426. The van der Waals surface area contributed by atoms with Crippen molar-refractivity contribution >= 4 is 11.8 Å². The minimum absolute atomic E-state index is 0.0325. The van der Waals surface area contributed by atoms with Gasteiger partial charge < -0.3 is 15.1 Å². The van der Waals surface area contributed by atoms with Gasteiger partial charge in [0.05, 0.1) is 12.6 Å². The molecular weight excluding hydrogens is 352 g/mol. The van der Waals surface area contributed by atoms with E-state index in [1.54, 1.807) is 0 Å². The van der Waals surface area contributed by atoms with Gasteiger partial charge in [-0.3, -0.25) is 9.79 Å². The fourth-order valence-corrected chi connectivity index (χ4v) is 4.06. The number of aliphatic hydroxyl groups excluding tert-OH is 1. The molecule has 1 atom stereocenters. The predicted molar refractivity (Wildman–Crippen MR) is 117 cm³/mol. The lowest BCUT2D eigenvalue weighted by Crippen LogP contribution is -2.33. The SMILES string of the molecule is CCCCCCCCCCCCCCCCC1CN(CCO)C(CC(=O)O)=N1. The van der Waals surface area contributed by atoms with Crippen LogP contribution in [0.25, 0.3) is 0 Å². The van der Waals surface area contributed by atoms with Crippen molar-refractivity contribution in [3.8, 4) is 0 Å². The van der Waals surface area contributed by atoms with Crippen LogP contribution in [0.15, 0.2) is 4.99 Å². The van der Waals surface area contributed by atoms with Crippen molar-refractivity contribution in [2.75, 3.05) is 19.7 Å². The van der Waals surface area contributed by atoms with Gasteiger partial charge in [-0.1, -0.05) is 96.8 Å². The van der Waals surface area contributed by atoms with E-state index in [4.69, 9.17) is 10.2 Å². The van der Waals surface area contributed by atoms with E-state index in [-0.39, 0.29) is 19.1 Å². The zero-order valence-corrected chi connectivity index (χ0v) is 18.2. The Morgan fingerprint density at radius 3 is 1.89 bits per heavy atom. The molecule has 2 N–H and O–H groups in total. The molecule has 1 unspecified atom stereocenters. The van der Waals surface area contributed by atoms with Gasteiger partial charge in [0.2, 0.25) is 0 Å². The molecule has 28 heavy (non-hydrogen) atoms. The van der Waals surface area contributed by atoms with Crippen LogP contribution < -0.4 is 0 Å². The smallest absolute Gasteiger partial charge is 0.310 e. The van der Waals surface area contributed by atoms with Crippen LogP contribution in [0.2, 0.25) is 0 Å². The first-order valence-corrected chi connectivity index (χ1v) is 11.8. The first-order chi connectivity index (χ1) is 13.7. The molecule has 0 aromatic carbocycles. The van der Waals surface area contributed by atoms with E-state index in [2.05, 4.69) is 11.9 Å². The molecule has 1 heterocycles. The maximum absolute atomic E-state index is 10.9. The monoisotopic (exact) mass is 396 g/mol. The third-order valence-corrected chi connectivity index (χ3v) is 5.70. The van der Waals surface area contributed by atoms with Crippen LogP contribution in [-0.2, 0) is 4.79 Å². The van der Waals surface area contributed by atoms with Crippen molar-refractivity contribution in [2.24, 2.45) is 4.99 Å². The van der Waals surface area contributed by atoms with E-state index in [0.29, 0.717) is 12.4 Å². The van der Waals surface area contributed by atoms with Crippen LogP contribution in [0.1, 0.15) is 110 Å². The second-order valence-corrected chi connectivity index (χ2v) is 8.32. The Morgan fingerprint density at radius 1 is 0.929 bits per heavy atom. The molecule has 0 aromatic rings. The van der Waals surface area contributed by atoms with Gasteiger partial charge in [-0.05, 0) is 6.42 Å². The molecule has 1 rings (SSSR count). The summed E-state index contributed by atoms with van der Waals surface area (Å²) in [6.07, 6.45) is 20.0. The van der Waals surface area contributed by atoms with Crippen LogP contribution in [0.3, 0.4) is 0 Å². The summed E-state index contributed by atoms with van der Waals surface area (Å²) in [5.74, 6) is -0.212. The third kappa shape index (κ3) is 12.4. The van der Waals surface area contributed by atoms with Crippen molar-refractivity contribution in [1.29, 1.82) is 0 Å². The summed E-state index contributed by atoms with van der Waals surface area (Å²) in [5, 5.41) is 18.1. The van der Waals surface area contributed by atoms with Crippen LogP contribution in [0.4, 0.5) is 0 Å². The predicted octanol–water partition coefficient (Wildman–Crippen LogP) is 5.41. The van der Waals surface area contributed by atoms with Crippen LogP contribution >= 0.6 is 0 Å². The van der Waals surface area contributed by atoms with Crippen molar-refractivity contribution in [2.45, 2.75) is 116 Å². The molecule has 5 heteroatoms. The molecule has 0 saturated carbocycles. The average Bonchev–Trinajstić information content (AvgIpc) is 3.03. The highest BCUT2D eigenvalue weighted by atomic mass is 16.4. The number of β-amino-alcohol motifs (C(OH)–C–C–N with tert-alkyl or cyclic N) is 1. The van der Waals surface area contributed by atoms with E-state index in [0.717, 1.165) is 13.0 Å². The topological polar surface area (TPSA) is 73.1 Å². The normalized spacial score (nSPS) is 16.6. The first kappa shape index (κ1) is 24.9. The zero-order chi connectivity index (χ0) is 20.5. The summed E-state index contributed by atoms with van der Waals surface area (Å²) in [6.45, 7) is 3.57. The fourth-order valence-electron chi connectivity index (χ4n) is 4.06. The number of hydrogen-bond donors (Lipinski definition) is 2. The molecule has 1 aliphatic heterocycles. The Kier molecular flexibility index (Phi) is 15.0. The minimum Gasteiger partial charge on any atom is -0.481 e. The quantitative estimate of drug-likeness (QED) is 0.286. The van der Waals surface area contributed by atoms with E-state index in [1.807, 2.05) is 4.90 Å². The lowest BCUT2D eigenvalue weighted by atomic mass is 10.0. The number of amidine groups is 1. The van der Waals surface area contributed by atoms with Crippen LogP contribution in [0.5, 0.6) is 0 Å². The number of unbranched alkanes of at least 4 members (excludes halogenated alkanes) is 13. The number of rotatable bonds is 19. The lowest BCUT2D eigenvalue weighted by molar-refractivity contribution is -0.135. The molecule has 0 saturated heterocycles. The van der Waals surface area contributed by atoms with Crippen LogP contribution in [0, 0.1) is 0 Å².